The van der Waals surface area contributed by atoms with E-state index >= 15 is 0 Å². The average Bonchev–Trinajstić information content (AvgIpc) is 3.10. The number of halogens is 3. The van der Waals surface area contributed by atoms with E-state index in [1.807, 2.05) is 0 Å². The van der Waals surface area contributed by atoms with E-state index in [-0.39, 0.29) is 29.9 Å². The number of rotatable bonds is 6. The Morgan fingerprint density at radius 1 is 1.48 bits per heavy atom. The van der Waals surface area contributed by atoms with Gasteiger partial charge in [0.15, 0.2) is 0 Å². The smallest absolute Gasteiger partial charge is 0.341 e. The monoisotopic (exact) mass is 360 g/mol. The third-order valence-corrected chi connectivity index (χ3v) is 5.60. The number of alkyl halides is 2. The molecule has 1 heterocycles. The SMILES string of the molecule is Cl.NCC(NC(=O)c1sccc1S(=O)(=O)C(F)F)C1CC1. The first-order valence-electron chi connectivity index (χ1n) is 5.98. The normalized spacial score (nSPS) is 16.4. The van der Waals surface area contributed by atoms with Crippen molar-refractivity contribution in [3.8, 4) is 0 Å². The summed E-state index contributed by atoms with van der Waals surface area (Å²) in [6, 6.07) is 0.780. The van der Waals surface area contributed by atoms with Crippen LogP contribution < -0.4 is 11.1 Å². The van der Waals surface area contributed by atoms with Crippen LogP contribution in [-0.4, -0.2) is 32.7 Å². The van der Waals surface area contributed by atoms with Crippen LogP contribution in [0.15, 0.2) is 16.3 Å². The zero-order valence-corrected chi connectivity index (χ0v) is 13.2. The first-order chi connectivity index (χ1) is 9.37. The molecule has 1 unspecified atom stereocenters. The maximum atomic E-state index is 12.6. The number of nitrogens with two attached hydrogens (primary N) is 1. The highest BCUT2D eigenvalue weighted by molar-refractivity contribution is 7.92. The van der Waals surface area contributed by atoms with E-state index in [0.29, 0.717) is 5.92 Å². The average molecular weight is 361 g/mol. The fraction of sp³-hybridized carbons (Fsp3) is 0.545. The minimum Gasteiger partial charge on any atom is -0.347 e. The molecule has 1 aromatic rings. The van der Waals surface area contributed by atoms with Gasteiger partial charge in [-0.25, -0.2) is 8.42 Å². The molecule has 0 aromatic carbocycles. The topological polar surface area (TPSA) is 89.3 Å². The predicted molar refractivity (Wildman–Crippen MR) is 77.8 cm³/mol. The lowest BCUT2D eigenvalue weighted by Crippen LogP contribution is -2.41. The third-order valence-electron chi connectivity index (χ3n) is 3.14. The summed E-state index contributed by atoms with van der Waals surface area (Å²) in [5.74, 6) is -3.92. The summed E-state index contributed by atoms with van der Waals surface area (Å²) >= 11 is 0.821. The lowest BCUT2D eigenvalue weighted by Gasteiger charge is -2.15. The summed E-state index contributed by atoms with van der Waals surface area (Å²) in [7, 11) is -4.77. The van der Waals surface area contributed by atoms with Crippen molar-refractivity contribution in [3.63, 3.8) is 0 Å². The molecule has 10 heteroatoms. The van der Waals surface area contributed by atoms with Gasteiger partial charge in [-0.1, -0.05) is 0 Å². The Balaban J connectivity index is 0.00000220. The van der Waals surface area contributed by atoms with Gasteiger partial charge in [0.05, 0.1) is 4.90 Å². The van der Waals surface area contributed by atoms with Gasteiger partial charge in [-0.15, -0.1) is 23.7 Å². The van der Waals surface area contributed by atoms with E-state index < -0.39 is 26.4 Å². The second-order valence-electron chi connectivity index (χ2n) is 4.57. The summed E-state index contributed by atoms with van der Waals surface area (Å²) in [5, 5.41) is 3.92. The highest BCUT2D eigenvalue weighted by atomic mass is 35.5. The van der Waals surface area contributed by atoms with Gasteiger partial charge in [0.25, 0.3) is 5.91 Å². The molecule has 3 N–H and O–H groups in total. The van der Waals surface area contributed by atoms with E-state index in [1.54, 1.807) is 0 Å². The maximum Gasteiger partial charge on any atom is 0.341 e. The molecule has 5 nitrogen and oxygen atoms in total. The molecule has 1 aliphatic carbocycles. The molecule has 0 radical (unpaired) electrons. The molecule has 1 saturated carbocycles. The van der Waals surface area contributed by atoms with E-state index in [0.717, 1.165) is 30.2 Å². The van der Waals surface area contributed by atoms with Crippen molar-refractivity contribution in [1.82, 2.24) is 5.32 Å². The number of amides is 1. The van der Waals surface area contributed by atoms with Gasteiger partial charge >= 0.3 is 5.76 Å². The minimum atomic E-state index is -4.77. The predicted octanol–water partition coefficient (Wildman–Crippen LogP) is 1.63. The van der Waals surface area contributed by atoms with Crippen LogP contribution in [0.5, 0.6) is 0 Å². The summed E-state index contributed by atoms with van der Waals surface area (Å²) in [6.07, 6.45) is 1.91. The molecule has 1 fully saturated rings. The quantitative estimate of drug-likeness (QED) is 0.807. The Bertz CT molecular complexity index is 602. The maximum absolute atomic E-state index is 12.6. The first kappa shape index (κ1) is 18.3. The summed E-state index contributed by atoms with van der Waals surface area (Å²) in [6.45, 7) is 0.235. The van der Waals surface area contributed by atoms with Gasteiger partial charge in [-0.2, -0.15) is 8.78 Å². The van der Waals surface area contributed by atoms with Crippen LogP contribution in [0.4, 0.5) is 8.78 Å². The van der Waals surface area contributed by atoms with Crippen LogP contribution in [-0.2, 0) is 9.84 Å². The van der Waals surface area contributed by atoms with Gasteiger partial charge < -0.3 is 11.1 Å². The molecular formula is C11H15ClF2N2O3S2. The van der Waals surface area contributed by atoms with E-state index in [4.69, 9.17) is 5.73 Å². The molecule has 0 bridgehead atoms. The van der Waals surface area contributed by atoms with Crippen molar-refractivity contribution in [1.29, 1.82) is 0 Å². The van der Waals surface area contributed by atoms with Crippen LogP contribution in [0.2, 0.25) is 0 Å². The summed E-state index contributed by atoms with van der Waals surface area (Å²) in [5.41, 5.74) is 5.54. The fourth-order valence-electron chi connectivity index (χ4n) is 1.88. The Hall–Kier alpha value is -0.770. The molecule has 1 amide bonds. The van der Waals surface area contributed by atoms with E-state index in [2.05, 4.69) is 5.32 Å². The number of sulfone groups is 1. The summed E-state index contributed by atoms with van der Waals surface area (Å²) in [4.78, 5) is 11.2. The van der Waals surface area contributed by atoms with Crippen molar-refractivity contribution >= 4 is 39.5 Å². The molecule has 1 atom stereocenters. The first-order valence-corrected chi connectivity index (χ1v) is 8.41. The number of hydrogen-bond donors (Lipinski definition) is 2. The Kier molecular flexibility index (Phi) is 6.09. The van der Waals surface area contributed by atoms with Crippen LogP contribution in [0.3, 0.4) is 0 Å². The molecule has 2 rings (SSSR count). The van der Waals surface area contributed by atoms with Crippen LogP contribution in [0, 0.1) is 5.92 Å². The van der Waals surface area contributed by atoms with Crippen LogP contribution in [0.1, 0.15) is 22.5 Å². The van der Waals surface area contributed by atoms with Crippen molar-refractivity contribution in [2.75, 3.05) is 6.54 Å². The molecule has 1 aromatic heterocycles. The number of carbonyl (C=O) groups is 1. The minimum absolute atomic E-state index is 0. The Labute approximate surface area is 131 Å². The van der Waals surface area contributed by atoms with E-state index in [9.17, 15) is 22.0 Å². The van der Waals surface area contributed by atoms with Gasteiger partial charge in [-0.05, 0) is 30.2 Å². The molecule has 0 aliphatic heterocycles. The van der Waals surface area contributed by atoms with Crippen molar-refractivity contribution in [2.45, 2.75) is 29.5 Å². The van der Waals surface area contributed by atoms with Gasteiger partial charge in [0, 0.05) is 12.6 Å². The Morgan fingerprint density at radius 3 is 2.57 bits per heavy atom. The largest absolute Gasteiger partial charge is 0.347 e. The zero-order valence-electron chi connectivity index (χ0n) is 10.8. The third kappa shape index (κ3) is 3.91. The van der Waals surface area contributed by atoms with Gasteiger partial charge in [-0.3, -0.25) is 4.79 Å². The number of nitrogens with one attached hydrogen (secondary N) is 1. The molecule has 1 aliphatic rings. The zero-order chi connectivity index (χ0) is 14.9. The summed E-state index contributed by atoms with van der Waals surface area (Å²) < 4.78 is 48.0. The molecule has 0 spiro atoms. The Morgan fingerprint density at radius 2 is 2.10 bits per heavy atom. The van der Waals surface area contributed by atoms with Gasteiger partial charge in [0.2, 0.25) is 9.84 Å². The fourth-order valence-corrected chi connectivity index (χ4v) is 3.95. The number of thiophene rings is 1. The van der Waals surface area contributed by atoms with Crippen molar-refractivity contribution in [3.05, 3.63) is 16.3 Å². The molecular weight excluding hydrogens is 346 g/mol. The van der Waals surface area contributed by atoms with Crippen molar-refractivity contribution < 1.29 is 22.0 Å². The lowest BCUT2D eigenvalue weighted by atomic mass is 10.2. The van der Waals surface area contributed by atoms with Crippen molar-refractivity contribution in [2.24, 2.45) is 11.7 Å². The highest BCUT2D eigenvalue weighted by Crippen LogP contribution is 2.33. The highest BCUT2D eigenvalue weighted by Gasteiger charge is 2.35. The van der Waals surface area contributed by atoms with Gasteiger partial charge in [0.1, 0.15) is 4.88 Å². The molecule has 21 heavy (non-hydrogen) atoms. The molecule has 120 valence electrons. The number of carbonyl (C=O) groups excluding carboxylic acids is 1. The van der Waals surface area contributed by atoms with E-state index in [1.165, 1.54) is 5.38 Å². The number of hydrogen-bond acceptors (Lipinski definition) is 5. The second-order valence-corrected chi connectivity index (χ2v) is 7.38. The lowest BCUT2D eigenvalue weighted by molar-refractivity contribution is 0.0934. The second kappa shape index (κ2) is 6.99. The molecule has 0 saturated heterocycles. The standard InChI is InChI=1S/C11H14F2N2O3S2.ClH/c12-11(13)20(17,18)8-3-4-19-9(8)10(16)15-7(5-14)6-1-2-6;/h3-4,6-7,11H,1-2,5,14H2,(H,15,16);1H. The van der Waals surface area contributed by atoms with Crippen LogP contribution >= 0.6 is 23.7 Å². The van der Waals surface area contributed by atoms with Crippen LogP contribution in [0.25, 0.3) is 0 Å².